The van der Waals surface area contributed by atoms with Crippen LogP contribution in [0.25, 0.3) is 0 Å². The molecule has 1 aromatic carbocycles. The molecule has 4 rings (SSSR count). The van der Waals surface area contributed by atoms with Crippen molar-refractivity contribution in [1.82, 2.24) is 19.8 Å². The molecule has 3 heterocycles. The second-order valence-corrected chi connectivity index (χ2v) is 13.4. The van der Waals surface area contributed by atoms with Crippen LogP contribution in [0.15, 0.2) is 28.7 Å². The van der Waals surface area contributed by atoms with E-state index in [1.807, 2.05) is 28.0 Å². The van der Waals surface area contributed by atoms with Crippen LogP contribution < -0.4 is 21.9 Å². The van der Waals surface area contributed by atoms with Crippen LogP contribution in [-0.4, -0.2) is 101 Å². The van der Waals surface area contributed by atoms with E-state index in [2.05, 4.69) is 14.4 Å². The number of thiazole rings is 1. The number of β-lactam (4-membered cyclic amide) rings is 1. The number of oxime groups is 1. The second-order valence-electron chi connectivity index (χ2n) is 11.5. The minimum absolute atomic E-state index is 0.0225. The number of ketones is 1. The van der Waals surface area contributed by atoms with Crippen molar-refractivity contribution >= 4 is 50.2 Å². The standard InChI is InChI=1S/C28H41N9O8S2/c1-28(2)21(25(39)37(28)45-47(40,41)42)14-23(38)24(22-17-46-26(31)33-22)34-44-12-11-43-20-6-5-18-15-36(16-19(18)13-20)27(32)35(9-3-7-29)10-4-8-30/h5-6,13,17,21,32H,3-4,7-12,14-16,29-30H2,1-2H3,(H2,31,33)(H,40,41,42)/b32-27?,34-24-. The number of carbonyl (C=O) groups excluding carboxylic acids is 2. The molecule has 0 spiro atoms. The van der Waals surface area contributed by atoms with Gasteiger partial charge in [0.1, 0.15) is 18.1 Å². The Hall–Kier alpha value is -3.88. The van der Waals surface area contributed by atoms with Gasteiger partial charge in [0.25, 0.3) is 5.91 Å². The maximum atomic E-state index is 13.3. The molecule has 1 amide bonds. The van der Waals surface area contributed by atoms with Crippen molar-refractivity contribution in [2.24, 2.45) is 22.5 Å². The van der Waals surface area contributed by atoms with Crippen LogP contribution in [0.4, 0.5) is 5.13 Å². The molecule has 47 heavy (non-hydrogen) atoms. The number of nitrogen functional groups attached to an aromatic ring is 1. The van der Waals surface area contributed by atoms with Crippen LogP contribution >= 0.6 is 11.3 Å². The summed E-state index contributed by atoms with van der Waals surface area (Å²) >= 11 is 1.09. The third-order valence-electron chi connectivity index (χ3n) is 7.82. The predicted molar refractivity (Wildman–Crippen MR) is 174 cm³/mol. The summed E-state index contributed by atoms with van der Waals surface area (Å²) in [6, 6.07) is 5.74. The summed E-state index contributed by atoms with van der Waals surface area (Å²) in [4.78, 5) is 39.3. The third kappa shape index (κ3) is 8.93. The lowest BCUT2D eigenvalue weighted by molar-refractivity contribution is -0.228. The van der Waals surface area contributed by atoms with Gasteiger partial charge in [0.05, 0.1) is 11.5 Å². The van der Waals surface area contributed by atoms with E-state index in [4.69, 9.17) is 36.7 Å². The number of hydrogen-bond acceptors (Lipinski definition) is 14. The first-order chi connectivity index (χ1) is 22.2. The lowest BCUT2D eigenvalue weighted by atomic mass is 9.74. The Labute approximate surface area is 277 Å². The van der Waals surface area contributed by atoms with Gasteiger partial charge in [-0.25, -0.2) is 4.98 Å². The molecule has 2 aromatic rings. The second kappa shape index (κ2) is 15.3. The number of hydrogen-bond donors (Lipinski definition) is 5. The van der Waals surface area contributed by atoms with E-state index in [0.717, 1.165) is 35.3 Å². The van der Waals surface area contributed by atoms with Gasteiger partial charge in [-0.2, -0.15) is 13.5 Å². The van der Waals surface area contributed by atoms with Crippen LogP contribution in [0.5, 0.6) is 5.75 Å². The van der Waals surface area contributed by atoms with Gasteiger partial charge < -0.3 is 36.6 Å². The average Bonchev–Trinajstić information content (AvgIpc) is 3.65. The van der Waals surface area contributed by atoms with Gasteiger partial charge in [-0.15, -0.1) is 15.6 Å². The summed E-state index contributed by atoms with van der Waals surface area (Å²) in [7, 11) is -4.93. The van der Waals surface area contributed by atoms with Crippen LogP contribution in [0.2, 0.25) is 0 Å². The Kier molecular flexibility index (Phi) is 11.7. The highest BCUT2D eigenvalue weighted by Gasteiger charge is 2.57. The van der Waals surface area contributed by atoms with Crippen LogP contribution in [0.1, 0.15) is 49.9 Å². The Morgan fingerprint density at radius 3 is 2.47 bits per heavy atom. The molecule has 19 heteroatoms. The molecule has 1 unspecified atom stereocenters. The van der Waals surface area contributed by atoms with Gasteiger partial charge in [0, 0.05) is 38.0 Å². The number of nitrogens with one attached hydrogen (secondary N) is 1. The molecule has 1 atom stereocenters. The van der Waals surface area contributed by atoms with E-state index in [1.54, 1.807) is 0 Å². The van der Waals surface area contributed by atoms with Gasteiger partial charge >= 0.3 is 10.4 Å². The summed E-state index contributed by atoms with van der Waals surface area (Å²) in [5, 5.41) is 15.0. The molecular formula is C28H41N9O8S2. The zero-order valence-electron chi connectivity index (χ0n) is 26.3. The highest BCUT2D eigenvalue weighted by molar-refractivity contribution is 7.80. The van der Waals surface area contributed by atoms with Crippen molar-refractivity contribution in [3.05, 3.63) is 40.4 Å². The number of nitrogens with two attached hydrogens (primary N) is 3. The van der Waals surface area contributed by atoms with Crippen molar-refractivity contribution in [2.45, 2.75) is 51.7 Å². The van der Waals surface area contributed by atoms with Crippen molar-refractivity contribution in [2.75, 3.05) is 45.1 Å². The molecule has 0 radical (unpaired) electrons. The average molecular weight is 696 g/mol. The maximum absolute atomic E-state index is 13.3. The molecule has 0 aliphatic carbocycles. The number of nitrogens with zero attached hydrogens (tertiary/aromatic N) is 5. The zero-order valence-corrected chi connectivity index (χ0v) is 27.9. The van der Waals surface area contributed by atoms with Gasteiger partial charge in [-0.1, -0.05) is 11.2 Å². The van der Waals surface area contributed by atoms with E-state index in [1.165, 1.54) is 19.2 Å². The Morgan fingerprint density at radius 1 is 1.19 bits per heavy atom. The minimum Gasteiger partial charge on any atom is -0.490 e. The topological polar surface area (TPSA) is 253 Å². The molecule has 0 bridgehead atoms. The van der Waals surface area contributed by atoms with Gasteiger partial charge in [0.15, 0.2) is 29.2 Å². The highest BCUT2D eigenvalue weighted by Crippen LogP contribution is 2.40. The normalized spacial score (nSPS) is 17.3. The molecule has 1 aromatic heterocycles. The molecule has 2 aliphatic rings. The van der Waals surface area contributed by atoms with Crippen LogP contribution in [0, 0.1) is 11.3 Å². The number of Topliss-reactive ketones (excluding diaryl/α,β-unsaturated/α-hetero) is 1. The van der Waals surface area contributed by atoms with E-state index in [9.17, 15) is 18.0 Å². The van der Waals surface area contributed by atoms with Crippen molar-refractivity contribution in [3.8, 4) is 5.75 Å². The van der Waals surface area contributed by atoms with Crippen LogP contribution in [0.3, 0.4) is 0 Å². The maximum Gasteiger partial charge on any atom is 0.418 e. The summed E-state index contributed by atoms with van der Waals surface area (Å²) in [6.07, 6.45) is 1.23. The van der Waals surface area contributed by atoms with Gasteiger partial charge in [0.2, 0.25) is 0 Å². The lowest BCUT2D eigenvalue weighted by Gasteiger charge is -2.50. The number of aromatic nitrogens is 1. The van der Waals surface area contributed by atoms with Gasteiger partial charge in [-0.05, 0) is 63.0 Å². The number of ether oxygens (including phenoxy) is 1. The fourth-order valence-electron chi connectivity index (χ4n) is 5.29. The lowest BCUT2D eigenvalue weighted by Crippen LogP contribution is -2.68. The number of benzene rings is 1. The number of anilines is 1. The first kappa shape index (κ1) is 36.0. The minimum atomic E-state index is -4.93. The Balaban J connectivity index is 1.33. The van der Waals surface area contributed by atoms with Crippen molar-refractivity contribution in [1.29, 1.82) is 5.41 Å². The molecule has 1 saturated heterocycles. The summed E-state index contributed by atoms with van der Waals surface area (Å²) in [5.74, 6) is -1.29. The Bertz CT molecular complexity index is 1590. The molecule has 0 saturated carbocycles. The van der Waals surface area contributed by atoms with E-state index < -0.39 is 33.5 Å². The predicted octanol–water partition coefficient (Wildman–Crippen LogP) is 0.706. The molecule has 258 valence electrons. The molecule has 8 N–H and O–H groups in total. The van der Waals surface area contributed by atoms with E-state index in [-0.39, 0.29) is 36.2 Å². The van der Waals surface area contributed by atoms with Crippen LogP contribution in [-0.2, 0) is 42.2 Å². The quantitative estimate of drug-likeness (QED) is 0.0382. The van der Waals surface area contributed by atoms with E-state index >= 15 is 0 Å². The smallest absolute Gasteiger partial charge is 0.418 e. The number of hydroxylamine groups is 2. The summed E-state index contributed by atoms with van der Waals surface area (Å²) in [6.45, 7) is 6.74. The number of rotatable bonds is 17. The Morgan fingerprint density at radius 2 is 1.87 bits per heavy atom. The SMILES string of the molecule is CC1(C)C(CC(=O)/C(=N\OCCOc2ccc3c(c2)CN(C(=N)N(CCCN)CCCN)C3)c2csc(N)n2)C(=O)N1OS(=O)(=O)O. The molecular weight excluding hydrogens is 654 g/mol. The highest BCUT2D eigenvalue weighted by atomic mass is 32.3. The zero-order chi connectivity index (χ0) is 34.4. The molecule has 17 nitrogen and oxygen atoms in total. The number of guanidine groups is 1. The number of amides is 1. The molecule has 2 aliphatic heterocycles. The fourth-order valence-corrected chi connectivity index (χ4v) is 6.29. The van der Waals surface area contributed by atoms with Crippen molar-refractivity contribution < 1.29 is 36.4 Å². The summed E-state index contributed by atoms with van der Waals surface area (Å²) < 4.78 is 41.4. The largest absolute Gasteiger partial charge is 0.490 e. The molecule has 1 fully saturated rings. The third-order valence-corrected chi connectivity index (χ3v) is 8.84. The first-order valence-electron chi connectivity index (χ1n) is 14.9. The summed E-state index contributed by atoms with van der Waals surface area (Å²) in [5.41, 5.74) is 18.1. The van der Waals surface area contributed by atoms with E-state index in [0.29, 0.717) is 56.0 Å². The van der Waals surface area contributed by atoms with Gasteiger partial charge in [-0.3, -0.25) is 19.6 Å². The number of fused-ring (bicyclic) bond motifs is 1. The number of carbonyl (C=O) groups is 2. The van der Waals surface area contributed by atoms with Crippen molar-refractivity contribution in [3.63, 3.8) is 0 Å². The first-order valence-corrected chi connectivity index (χ1v) is 17.2. The monoisotopic (exact) mass is 695 g/mol. The fraction of sp³-hybridized carbons (Fsp3) is 0.536.